The van der Waals surface area contributed by atoms with Crippen molar-refractivity contribution in [3.63, 3.8) is 0 Å². The van der Waals surface area contributed by atoms with E-state index in [2.05, 4.69) is 4.99 Å². The van der Waals surface area contributed by atoms with E-state index in [1.165, 1.54) is 6.08 Å². The molecule has 1 amide bonds. The number of ketones is 1. The third-order valence-electron chi connectivity index (χ3n) is 2.90. The zero-order chi connectivity index (χ0) is 14.5. The summed E-state index contributed by atoms with van der Waals surface area (Å²) in [6.45, 7) is 3.44. The normalized spacial score (nSPS) is 15.1. The quantitative estimate of drug-likeness (QED) is 0.609. The number of amides is 1. The molecule has 20 heavy (non-hydrogen) atoms. The Balaban J connectivity index is 2.14. The molecule has 0 N–H and O–H groups in total. The molecule has 0 aliphatic heterocycles. The number of rotatable bonds is 2. The molecule has 1 aromatic carbocycles. The summed E-state index contributed by atoms with van der Waals surface area (Å²) in [7, 11) is 0. The number of Topliss-reactive ketones (excluding diaryl/α,β-unsaturated/α-hetero) is 1. The van der Waals surface area contributed by atoms with Crippen LogP contribution in [0.1, 0.15) is 19.4 Å². The molecule has 0 fully saturated rings. The first-order chi connectivity index (χ1) is 9.56. The van der Waals surface area contributed by atoms with Crippen LogP contribution in [0.3, 0.4) is 0 Å². The molecule has 0 saturated carbocycles. The molecule has 1 aromatic rings. The smallest absolute Gasteiger partial charge is 0.270 e. The van der Waals surface area contributed by atoms with Gasteiger partial charge in [-0.3, -0.25) is 9.59 Å². The van der Waals surface area contributed by atoms with Gasteiger partial charge < -0.3 is 0 Å². The molecule has 1 aliphatic carbocycles. The zero-order valence-electron chi connectivity index (χ0n) is 11.5. The maximum absolute atomic E-state index is 11.8. The van der Waals surface area contributed by atoms with Gasteiger partial charge in [0.05, 0.1) is 5.71 Å². The van der Waals surface area contributed by atoms with Crippen LogP contribution in [-0.4, -0.2) is 17.4 Å². The van der Waals surface area contributed by atoms with Gasteiger partial charge in [0, 0.05) is 6.08 Å². The largest absolute Gasteiger partial charge is 0.289 e. The SMILES string of the molecule is CC1=CC(=NC(=O)C=Cc2ccccc2)C=C(C)C1=O. The van der Waals surface area contributed by atoms with Crippen molar-refractivity contribution in [3.8, 4) is 0 Å². The minimum absolute atomic E-state index is 0.00349. The van der Waals surface area contributed by atoms with Gasteiger partial charge in [-0.25, -0.2) is 4.99 Å². The summed E-state index contributed by atoms with van der Waals surface area (Å²) in [5.41, 5.74) is 2.66. The first kappa shape index (κ1) is 13.9. The lowest BCUT2D eigenvalue weighted by atomic mass is 9.98. The summed E-state index contributed by atoms with van der Waals surface area (Å²) in [6.07, 6.45) is 6.39. The maximum atomic E-state index is 11.8. The van der Waals surface area contributed by atoms with E-state index in [0.29, 0.717) is 16.9 Å². The van der Waals surface area contributed by atoms with Gasteiger partial charge in [0.2, 0.25) is 0 Å². The van der Waals surface area contributed by atoms with Crippen LogP contribution in [0.5, 0.6) is 0 Å². The first-order valence-electron chi connectivity index (χ1n) is 6.33. The highest BCUT2D eigenvalue weighted by Gasteiger charge is 2.13. The summed E-state index contributed by atoms with van der Waals surface area (Å²) >= 11 is 0. The fourth-order valence-corrected chi connectivity index (χ4v) is 1.89. The minimum Gasteiger partial charge on any atom is -0.289 e. The molecule has 0 spiro atoms. The number of aliphatic imine (C=N–C) groups is 1. The van der Waals surface area contributed by atoms with Crippen molar-refractivity contribution in [2.75, 3.05) is 0 Å². The van der Waals surface area contributed by atoms with Crippen molar-refractivity contribution < 1.29 is 9.59 Å². The van der Waals surface area contributed by atoms with Crippen LogP contribution in [-0.2, 0) is 9.59 Å². The highest BCUT2D eigenvalue weighted by molar-refractivity contribution is 6.23. The van der Waals surface area contributed by atoms with E-state index in [0.717, 1.165) is 5.56 Å². The molecule has 0 saturated heterocycles. The molecule has 0 aromatic heterocycles. The fourth-order valence-electron chi connectivity index (χ4n) is 1.89. The highest BCUT2D eigenvalue weighted by atomic mass is 16.1. The van der Waals surface area contributed by atoms with E-state index < -0.39 is 0 Å². The van der Waals surface area contributed by atoms with Crippen LogP contribution in [0.2, 0.25) is 0 Å². The lowest BCUT2D eigenvalue weighted by Crippen LogP contribution is -2.11. The van der Waals surface area contributed by atoms with Crippen molar-refractivity contribution in [1.82, 2.24) is 0 Å². The lowest BCUT2D eigenvalue weighted by Gasteiger charge is -2.07. The van der Waals surface area contributed by atoms with Crippen LogP contribution in [0.25, 0.3) is 6.08 Å². The van der Waals surface area contributed by atoms with Gasteiger partial charge in [0.15, 0.2) is 5.78 Å². The Labute approximate surface area is 118 Å². The molecular formula is C17H15NO2. The van der Waals surface area contributed by atoms with E-state index in [4.69, 9.17) is 0 Å². The Morgan fingerprint density at radius 3 is 2.25 bits per heavy atom. The standard InChI is InChI=1S/C17H15NO2/c1-12-10-15(11-13(2)17(12)20)18-16(19)9-8-14-6-4-3-5-7-14/h3-11H,1-2H3. The van der Waals surface area contributed by atoms with Gasteiger partial charge in [-0.05, 0) is 48.8 Å². The Bertz CT molecular complexity index is 637. The second kappa shape index (κ2) is 6.06. The highest BCUT2D eigenvalue weighted by Crippen LogP contribution is 2.12. The van der Waals surface area contributed by atoms with Crippen LogP contribution in [0, 0.1) is 0 Å². The van der Waals surface area contributed by atoms with Gasteiger partial charge >= 0.3 is 0 Å². The molecule has 0 bridgehead atoms. The number of hydrogen-bond donors (Lipinski definition) is 0. The topological polar surface area (TPSA) is 46.5 Å². The Kier molecular flexibility index (Phi) is 4.20. The van der Waals surface area contributed by atoms with E-state index >= 15 is 0 Å². The third-order valence-corrected chi connectivity index (χ3v) is 2.90. The second-order valence-electron chi connectivity index (χ2n) is 4.60. The molecule has 0 atom stereocenters. The first-order valence-corrected chi connectivity index (χ1v) is 6.33. The summed E-state index contributed by atoms with van der Waals surface area (Å²) in [5, 5.41) is 0. The van der Waals surface area contributed by atoms with Gasteiger partial charge in [-0.15, -0.1) is 0 Å². The number of carbonyl (C=O) groups is 2. The van der Waals surface area contributed by atoms with E-state index in [9.17, 15) is 9.59 Å². The Hall–Kier alpha value is -2.55. The van der Waals surface area contributed by atoms with Gasteiger partial charge in [0.25, 0.3) is 5.91 Å². The van der Waals surface area contributed by atoms with Crippen LogP contribution in [0.15, 0.2) is 64.7 Å². The van der Waals surface area contributed by atoms with E-state index in [-0.39, 0.29) is 11.7 Å². The Morgan fingerprint density at radius 2 is 1.65 bits per heavy atom. The van der Waals surface area contributed by atoms with Gasteiger partial charge in [0.1, 0.15) is 0 Å². The zero-order valence-corrected chi connectivity index (χ0v) is 11.5. The maximum Gasteiger partial charge on any atom is 0.270 e. The van der Waals surface area contributed by atoms with Crippen molar-refractivity contribution in [3.05, 3.63) is 65.3 Å². The Morgan fingerprint density at radius 1 is 1.05 bits per heavy atom. The molecule has 100 valence electrons. The molecule has 2 rings (SSSR count). The minimum atomic E-state index is -0.341. The second-order valence-corrected chi connectivity index (χ2v) is 4.60. The monoisotopic (exact) mass is 265 g/mol. The van der Waals surface area contributed by atoms with E-state index in [1.807, 2.05) is 30.3 Å². The molecule has 0 radical (unpaired) electrons. The molecule has 0 unspecified atom stereocenters. The van der Waals surface area contributed by atoms with Crippen molar-refractivity contribution in [2.24, 2.45) is 4.99 Å². The van der Waals surface area contributed by atoms with Crippen LogP contribution < -0.4 is 0 Å². The molecule has 3 heteroatoms. The molecule has 3 nitrogen and oxygen atoms in total. The molecular weight excluding hydrogens is 250 g/mol. The third kappa shape index (κ3) is 3.48. The summed E-state index contributed by atoms with van der Waals surface area (Å²) < 4.78 is 0. The predicted molar refractivity (Wildman–Crippen MR) is 80.4 cm³/mol. The van der Waals surface area contributed by atoms with Gasteiger partial charge in [-0.1, -0.05) is 30.3 Å². The molecule has 0 heterocycles. The van der Waals surface area contributed by atoms with Crippen LogP contribution in [0.4, 0.5) is 0 Å². The summed E-state index contributed by atoms with van der Waals surface area (Å²) in [4.78, 5) is 27.3. The van der Waals surface area contributed by atoms with Crippen molar-refractivity contribution in [1.29, 1.82) is 0 Å². The molecule has 1 aliphatic rings. The van der Waals surface area contributed by atoms with E-state index in [1.54, 1.807) is 32.1 Å². The summed E-state index contributed by atoms with van der Waals surface area (Å²) in [6, 6.07) is 9.54. The number of nitrogens with zero attached hydrogens (tertiary/aromatic N) is 1. The summed E-state index contributed by atoms with van der Waals surface area (Å²) in [5.74, 6) is -0.345. The number of hydrogen-bond acceptors (Lipinski definition) is 2. The lowest BCUT2D eigenvalue weighted by molar-refractivity contribution is -0.113. The predicted octanol–water partition coefficient (Wildman–Crippen LogP) is 3.14. The van der Waals surface area contributed by atoms with Crippen molar-refractivity contribution in [2.45, 2.75) is 13.8 Å². The fraction of sp³-hybridized carbons (Fsp3) is 0.118. The average Bonchev–Trinajstić information content (AvgIpc) is 2.43. The van der Waals surface area contributed by atoms with Crippen LogP contribution >= 0.6 is 0 Å². The average molecular weight is 265 g/mol. The van der Waals surface area contributed by atoms with Crippen molar-refractivity contribution >= 4 is 23.5 Å². The number of benzene rings is 1. The van der Waals surface area contributed by atoms with Gasteiger partial charge in [-0.2, -0.15) is 0 Å². The number of allylic oxidation sites excluding steroid dienone is 4. The number of carbonyl (C=O) groups excluding carboxylic acids is 2.